The number of nitrogens with zero attached hydrogens (tertiary/aromatic N) is 1. The lowest BCUT2D eigenvalue weighted by molar-refractivity contribution is 0.0760. The topological polar surface area (TPSA) is 45.0 Å². The van der Waals surface area contributed by atoms with E-state index in [0.717, 1.165) is 26.0 Å². The molecule has 19 heavy (non-hydrogen) atoms. The molecule has 0 spiro atoms. The van der Waals surface area contributed by atoms with Gasteiger partial charge in [0.2, 0.25) is 0 Å². The van der Waals surface area contributed by atoms with Gasteiger partial charge in [-0.15, -0.1) is 0 Å². The third kappa shape index (κ3) is 6.32. The smallest absolute Gasteiger partial charge is 0.129 e. The van der Waals surface area contributed by atoms with Crippen molar-refractivity contribution in [3.8, 4) is 6.07 Å². The van der Waals surface area contributed by atoms with Gasteiger partial charge < -0.3 is 10.1 Å². The second kappa shape index (κ2) is 8.63. The van der Waals surface area contributed by atoms with Gasteiger partial charge in [0.15, 0.2) is 0 Å². The van der Waals surface area contributed by atoms with Gasteiger partial charge in [-0.2, -0.15) is 5.26 Å². The number of rotatable bonds is 8. The minimum Gasteiger partial charge on any atom is -0.379 e. The lowest BCUT2D eigenvalue weighted by Gasteiger charge is -2.08. The van der Waals surface area contributed by atoms with Gasteiger partial charge in [0.05, 0.1) is 17.7 Å². The average molecular weight is 264 g/mol. The van der Waals surface area contributed by atoms with Gasteiger partial charge in [0.1, 0.15) is 5.82 Å². The van der Waals surface area contributed by atoms with E-state index in [1.807, 2.05) is 19.9 Å². The van der Waals surface area contributed by atoms with Crippen molar-refractivity contribution in [3.05, 3.63) is 35.1 Å². The summed E-state index contributed by atoms with van der Waals surface area (Å²) in [5.41, 5.74) is 0.949. The normalized spacial score (nSPS) is 10.7. The first-order chi connectivity index (χ1) is 9.13. The largest absolute Gasteiger partial charge is 0.379 e. The molecule has 0 aliphatic rings. The maximum absolute atomic E-state index is 13.5. The fraction of sp³-hybridized carbons (Fsp3) is 0.533. The molecule has 0 atom stereocenters. The summed E-state index contributed by atoms with van der Waals surface area (Å²) in [4.78, 5) is 0. The van der Waals surface area contributed by atoms with Gasteiger partial charge in [-0.25, -0.2) is 4.39 Å². The molecule has 0 aromatic heterocycles. The number of unbranched alkanes of at least 4 members (excludes halogenated alkanes) is 1. The molecule has 0 unspecified atom stereocenters. The predicted molar refractivity (Wildman–Crippen MR) is 73.1 cm³/mol. The average Bonchev–Trinajstić information content (AvgIpc) is 2.38. The molecule has 0 aliphatic carbocycles. The van der Waals surface area contributed by atoms with Crippen molar-refractivity contribution in [3.63, 3.8) is 0 Å². The molecule has 0 amide bonds. The molecule has 0 radical (unpaired) electrons. The molecular weight excluding hydrogens is 243 g/mol. The van der Waals surface area contributed by atoms with Gasteiger partial charge >= 0.3 is 0 Å². The zero-order chi connectivity index (χ0) is 14.1. The molecule has 0 bridgehead atoms. The van der Waals surface area contributed by atoms with E-state index in [9.17, 15) is 4.39 Å². The van der Waals surface area contributed by atoms with Crippen LogP contribution in [-0.4, -0.2) is 19.3 Å². The van der Waals surface area contributed by atoms with E-state index in [4.69, 9.17) is 10.00 Å². The summed E-state index contributed by atoms with van der Waals surface area (Å²) in [6.07, 6.45) is 2.28. The molecule has 104 valence electrons. The summed E-state index contributed by atoms with van der Waals surface area (Å²) in [6, 6.07) is 6.48. The number of nitrogens with one attached hydrogen (secondary N) is 1. The zero-order valence-corrected chi connectivity index (χ0v) is 11.6. The maximum Gasteiger partial charge on any atom is 0.129 e. The Bertz CT molecular complexity index is 427. The molecule has 1 aromatic carbocycles. The zero-order valence-electron chi connectivity index (χ0n) is 11.6. The molecule has 3 nitrogen and oxygen atoms in total. The van der Waals surface area contributed by atoms with E-state index in [0.29, 0.717) is 17.7 Å². The van der Waals surface area contributed by atoms with Crippen LogP contribution in [0.1, 0.15) is 37.8 Å². The van der Waals surface area contributed by atoms with E-state index < -0.39 is 0 Å². The van der Waals surface area contributed by atoms with Gasteiger partial charge in [-0.05, 0) is 45.4 Å². The molecule has 1 aromatic rings. The molecule has 1 N–H and O–H groups in total. The van der Waals surface area contributed by atoms with Crippen LogP contribution in [-0.2, 0) is 11.3 Å². The van der Waals surface area contributed by atoms with E-state index in [1.54, 1.807) is 12.1 Å². The van der Waals surface area contributed by atoms with Crippen molar-refractivity contribution < 1.29 is 9.13 Å². The summed E-state index contributed by atoms with van der Waals surface area (Å²) in [6.45, 7) is 6.13. The highest BCUT2D eigenvalue weighted by Gasteiger charge is 2.02. The lowest BCUT2D eigenvalue weighted by atomic mass is 10.1. The number of hydrogen-bond donors (Lipinski definition) is 1. The van der Waals surface area contributed by atoms with Crippen LogP contribution in [0.25, 0.3) is 0 Å². The van der Waals surface area contributed by atoms with E-state index in [-0.39, 0.29) is 11.9 Å². The Labute approximate surface area is 114 Å². The Morgan fingerprint density at radius 2 is 2.16 bits per heavy atom. The highest BCUT2D eigenvalue weighted by molar-refractivity contribution is 5.32. The van der Waals surface area contributed by atoms with Crippen LogP contribution in [0.5, 0.6) is 0 Å². The van der Waals surface area contributed by atoms with Crippen LogP contribution in [0.3, 0.4) is 0 Å². The summed E-state index contributed by atoms with van der Waals surface area (Å²) < 4.78 is 19.0. The molecule has 0 aliphatic heterocycles. The Hall–Kier alpha value is -1.44. The van der Waals surface area contributed by atoms with Crippen LogP contribution in [0.4, 0.5) is 4.39 Å². The second-order valence-electron chi connectivity index (χ2n) is 4.72. The highest BCUT2D eigenvalue weighted by atomic mass is 19.1. The van der Waals surface area contributed by atoms with Crippen LogP contribution in [0, 0.1) is 17.1 Å². The van der Waals surface area contributed by atoms with Gasteiger partial charge in [-0.1, -0.05) is 6.07 Å². The summed E-state index contributed by atoms with van der Waals surface area (Å²) in [5, 5.41) is 11.8. The van der Waals surface area contributed by atoms with Crippen LogP contribution in [0.2, 0.25) is 0 Å². The van der Waals surface area contributed by atoms with Crippen molar-refractivity contribution in [1.29, 1.82) is 5.26 Å². The third-order valence-electron chi connectivity index (χ3n) is 2.70. The molecular formula is C15H21FN2O. The van der Waals surface area contributed by atoms with E-state index in [2.05, 4.69) is 5.32 Å². The Balaban J connectivity index is 2.18. The monoisotopic (exact) mass is 264 g/mol. The minimum absolute atomic E-state index is 0.278. The molecule has 0 heterocycles. The van der Waals surface area contributed by atoms with Gasteiger partial charge in [0.25, 0.3) is 0 Å². The van der Waals surface area contributed by atoms with Crippen LogP contribution >= 0.6 is 0 Å². The van der Waals surface area contributed by atoms with Crippen molar-refractivity contribution >= 4 is 0 Å². The van der Waals surface area contributed by atoms with E-state index in [1.165, 1.54) is 6.07 Å². The SMILES string of the molecule is CC(C)OCCCCNCc1ccc(C#N)cc1F. The Morgan fingerprint density at radius 3 is 2.79 bits per heavy atom. The standard InChI is InChI=1S/C15H21FN2O/c1-12(2)19-8-4-3-7-18-11-14-6-5-13(10-17)9-15(14)16/h5-6,9,12,18H,3-4,7-8,11H2,1-2H3. The summed E-state index contributed by atoms with van der Waals surface area (Å²) in [5.74, 6) is -0.324. The van der Waals surface area contributed by atoms with Crippen LogP contribution in [0.15, 0.2) is 18.2 Å². The minimum atomic E-state index is -0.324. The fourth-order valence-corrected chi connectivity index (χ4v) is 1.65. The number of halogens is 1. The van der Waals surface area contributed by atoms with Gasteiger partial charge in [0, 0.05) is 18.7 Å². The van der Waals surface area contributed by atoms with E-state index >= 15 is 0 Å². The molecule has 1 rings (SSSR count). The Kier molecular flexibility index (Phi) is 7.09. The quantitative estimate of drug-likeness (QED) is 0.734. The summed E-state index contributed by atoms with van der Waals surface area (Å²) >= 11 is 0. The molecule has 0 saturated carbocycles. The first-order valence-corrected chi connectivity index (χ1v) is 6.64. The second-order valence-corrected chi connectivity index (χ2v) is 4.72. The number of hydrogen-bond acceptors (Lipinski definition) is 3. The number of nitriles is 1. The van der Waals surface area contributed by atoms with Crippen molar-refractivity contribution in [2.24, 2.45) is 0 Å². The summed E-state index contributed by atoms with van der Waals surface area (Å²) in [7, 11) is 0. The van der Waals surface area contributed by atoms with Crippen molar-refractivity contribution in [1.82, 2.24) is 5.32 Å². The lowest BCUT2D eigenvalue weighted by Crippen LogP contribution is -2.16. The molecule has 0 saturated heterocycles. The fourth-order valence-electron chi connectivity index (χ4n) is 1.65. The molecule has 4 heteroatoms. The number of benzene rings is 1. The van der Waals surface area contributed by atoms with Crippen molar-refractivity contribution in [2.75, 3.05) is 13.2 Å². The molecule has 0 fully saturated rings. The first-order valence-electron chi connectivity index (χ1n) is 6.64. The van der Waals surface area contributed by atoms with Gasteiger partial charge in [-0.3, -0.25) is 0 Å². The first kappa shape index (κ1) is 15.6. The maximum atomic E-state index is 13.5. The predicted octanol–water partition coefficient (Wildman–Crippen LogP) is 2.99. The third-order valence-corrected chi connectivity index (χ3v) is 2.70. The number of ether oxygens (including phenoxy) is 1. The van der Waals surface area contributed by atoms with Crippen molar-refractivity contribution in [2.45, 2.75) is 39.3 Å². The van der Waals surface area contributed by atoms with Crippen LogP contribution < -0.4 is 5.32 Å². The Morgan fingerprint density at radius 1 is 1.37 bits per heavy atom. The highest BCUT2D eigenvalue weighted by Crippen LogP contribution is 2.09.